The third-order valence-corrected chi connectivity index (χ3v) is 4.53. The zero-order valence-electron chi connectivity index (χ0n) is 12.0. The molecule has 2 aromatic rings. The third-order valence-electron chi connectivity index (χ3n) is 3.91. The van der Waals surface area contributed by atoms with Crippen molar-refractivity contribution < 1.29 is 4.74 Å². The first kappa shape index (κ1) is 14.7. The first-order valence-corrected chi connectivity index (χ1v) is 7.74. The van der Waals surface area contributed by atoms with E-state index in [0.717, 1.165) is 38.9 Å². The molecular formula is C17H17Cl2NO. The van der Waals surface area contributed by atoms with Crippen molar-refractivity contribution >= 4 is 23.2 Å². The fourth-order valence-electron chi connectivity index (χ4n) is 2.80. The third kappa shape index (κ3) is 2.76. The van der Waals surface area contributed by atoms with Crippen LogP contribution in [0.3, 0.4) is 0 Å². The molecule has 110 valence electrons. The van der Waals surface area contributed by atoms with Gasteiger partial charge in [0.15, 0.2) is 0 Å². The topological polar surface area (TPSA) is 21.3 Å². The molecule has 21 heavy (non-hydrogen) atoms. The van der Waals surface area contributed by atoms with E-state index in [0.29, 0.717) is 6.61 Å². The van der Waals surface area contributed by atoms with Crippen LogP contribution in [0.5, 0.6) is 5.75 Å². The Hall–Kier alpha value is -1.22. The quantitative estimate of drug-likeness (QED) is 0.895. The highest BCUT2D eigenvalue weighted by molar-refractivity contribution is 6.31. The van der Waals surface area contributed by atoms with Crippen molar-refractivity contribution in [3.8, 4) is 5.75 Å². The fraction of sp³-hybridized carbons (Fsp3) is 0.294. The summed E-state index contributed by atoms with van der Waals surface area (Å²) in [6, 6.07) is 10.1. The second kappa shape index (κ2) is 5.88. The number of ether oxygens (including phenoxy) is 1. The minimum atomic E-state index is 0.00801. The molecule has 2 aromatic carbocycles. The van der Waals surface area contributed by atoms with E-state index in [9.17, 15) is 0 Å². The van der Waals surface area contributed by atoms with Crippen LogP contribution >= 0.6 is 23.2 Å². The molecule has 4 heteroatoms. The molecule has 0 fully saturated rings. The molecule has 1 aliphatic rings. The van der Waals surface area contributed by atoms with Crippen LogP contribution in [0.2, 0.25) is 10.0 Å². The molecule has 0 aliphatic carbocycles. The van der Waals surface area contributed by atoms with E-state index in [1.807, 2.05) is 38.2 Å². The van der Waals surface area contributed by atoms with Crippen LogP contribution in [0.25, 0.3) is 0 Å². The van der Waals surface area contributed by atoms with Crippen molar-refractivity contribution in [3.05, 3.63) is 62.6 Å². The lowest BCUT2D eigenvalue weighted by Crippen LogP contribution is -2.18. The number of halogens is 2. The number of hydrogen-bond donors (Lipinski definition) is 1. The maximum absolute atomic E-state index is 6.27. The predicted molar refractivity (Wildman–Crippen MR) is 87.7 cm³/mol. The average Bonchev–Trinajstić information content (AvgIpc) is 2.91. The molecule has 0 spiro atoms. The summed E-state index contributed by atoms with van der Waals surface area (Å²) < 4.78 is 5.81. The smallest absolute Gasteiger partial charge is 0.127 e. The summed E-state index contributed by atoms with van der Waals surface area (Å²) >= 11 is 12.5. The number of fused-ring (bicyclic) bond motifs is 1. The molecule has 0 saturated carbocycles. The summed E-state index contributed by atoms with van der Waals surface area (Å²) in [5.74, 6) is 0.954. The van der Waals surface area contributed by atoms with E-state index in [2.05, 4.69) is 11.4 Å². The summed E-state index contributed by atoms with van der Waals surface area (Å²) in [5.41, 5.74) is 4.42. The van der Waals surface area contributed by atoms with Crippen LogP contribution < -0.4 is 10.1 Å². The molecule has 1 heterocycles. The highest BCUT2D eigenvalue weighted by Gasteiger charge is 2.24. The van der Waals surface area contributed by atoms with Gasteiger partial charge in [-0.3, -0.25) is 0 Å². The van der Waals surface area contributed by atoms with Gasteiger partial charge in [-0.15, -0.1) is 0 Å². The van der Waals surface area contributed by atoms with Crippen molar-refractivity contribution in [1.82, 2.24) is 5.32 Å². The molecule has 0 aromatic heterocycles. The van der Waals surface area contributed by atoms with Gasteiger partial charge >= 0.3 is 0 Å². The first-order valence-electron chi connectivity index (χ1n) is 6.98. The minimum absolute atomic E-state index is 0.00801. The Kier molecular flexibility index (Phi) is 4.12. The summed E-state index contributed by atoms with van der Waals surface area (Å²) in [4.78, 5) is 0. The van der Waals surface area contributed by atoms with E-state index < -0.39 is 0 Å². The molecule has 0 amide bonds. The highest BCUT2D eigenvalue weighted by Crippen LogP contribution is 2.39. The number of nitrogens with one attached hydrogen (secondary N) is 1. The summed E-state index contributed by atoms with van der Waals surface area (Å²) in [6.45, 7) is 2.72. The van der Waals surface area contributed by atoms with Crippen LogP contribution in [-0.4, -0.2) is 13.7 Å². The normalized spacial score (nSPS) is 14.7. The maximum atomic E-state index is 6.27. The maximum Gasteiger partial charge on any atom is 0.127 e. The Labute approximate surface area is 135 Å². The van der Waals surface area contributed by atoms with Gasteiger partial charge in [0, 0.05) is 22.0 Å². The minimum Gasteiger partial charge on any atom is -0.493 e. The van der Waals surface area contributed by atoms with E-state index in [4.69, 9.17) is 27.9 Å². The van der Waals surface area contributed by atoms with Gasteiger partial charge in [0.25, 0.3) is 0 Å². The van der Waals surface area contributed by atoms with Crippen LogP contribution in [0.1, 0.15) is 28.3 Å². The molecule has 1 N–H and O–H groups in total. The van der Waals surface area contributed by atoms with Crippen LogP contribution in [0.15, 0.2) is 30.3 Å². The molecule has 1 aliphatic heterocycles. The van der Waals surface area contributed by atoms with Crippen LogP contribution in [0.4, 0.5) is 0 Å². The predicted octanol–water partition coefficient (Wildman–Crippen LogP) is 4.55. The molecule has 3 rings (SSSR count). The first-order chi connectivity index (χ1) is 10.1. The number of benzene rings is 2. The Balaban J connectivity index is 2.10. The molecule has 2 nitrogen and oxygen atoms in total. The van der Waals surface area contributed by atoms with Gasteiger partial charge in [-0.1, -0.05) is 35.3 Å². The zero-order valence-corrected chi connectivity index (χ0v) is 13.6. The SMILES string of the molecule is CNC(c1ccc(C)c(Cl)c1)c1cc(Cl)cc2c1OCC2. The molecule has 1 atom stereocenters. The molecule has 0 bridgehead atoms. The lowest BCUT2D eigenvalue weighted by molar-refractivity contribution is 0.351. The van der Waals surface area contributed by atoms with Gasteiger partial charge in [0.2, 0.25) is 0 Å². The van der Waals surface area contributed by atoms with E-state index in [1.54, 1.807) is 0 Å². The van der Waals surface area contributed by atoms with E-state index in [-0.39, 0.29) is 6.04 Å². The second-order valence-corrected chi connectivity index (χ2v) is 6.16. The zero-order chi connectivity index (χ0) is 15.0. The van der Waals surface area contributed by atoms with Gasteiger partial charge in [-0.2, -0.15) is 0 Å². The standard InChI is InChI=1S/C17H17Cl2NO/c1-10-3-4-11(8-15(10)19)16(20-2)14-9-13(18)7-12-5-6-21-17(12)14/h3-4,7-9,16,20H,5-6H2,1-2H3. The molecule has 1 unspecified atom stereocenters. The van der Waals surface area contributed by atoms with Gasteiger partial charge in [0.1, 0.15) is 5.75 Å². The number of hydrogen-bond acceptors (Lipinski definition) is 2. The van der Waals surface area contributed by atoms with Crippen molar-refractivity contribution in [1.29, 1.82) is 0 Å². The van der Waals surface area contributed by atoms with Crippen LogP contribution in [-0.2, 0) is 6.42 Å². The Morgan fingerprint density at radius 2 is 2.00 bits per heavy atom. The lowest BCUT2D eigenvalue weighted by Gasteiger charge is -2.21. The van der Waals surface area contributed by atoms with Gasteiger partial charge in [-0.05, 0) is 48.9 Å². The van der Waals surface area contributed by atoms with Gasteiger partial charge in [0.05, 0.1) is 12.6 Å². The van der Waals surface area contributed by atoms with Crippen molar-refractivity contribution in [2.45, 2.75) is 19.4 Å². The molecule has 0 saturated heterocycles. The fourth-order valence-corrected chi connectivity index (χ4v) is 3.24. The van der Waals surface area contributed by atoms with Crippen molar-refractivity contribution in [3.63, 3.8) is 0 Å². The lowest BCUT2D eigenvalue weighted by atomic mass is 9.95. The van der Waals surface area contributed by atoms with Crippen molar-refractivity contribution in [2.24, 2.45) is 0 Å². The summed E-state index contributed by atoms with van der Waals surface area (Å²) in [6.07, 6.45) is 0.911. The van der Waals surface area contributed by atoms with E-state index >= 15 is 0 Å². The molecule has 0 radical (unpaired) electrons. The number of aryl methyl sites for hydroxylation is 1. The average molecular weight is 322 g/mol. The Morgan fingerprint density at radius 1 is 1.19 bits per heavy atom. The van der Waals surface area contributed by atoms with Gasteiger partial charge < -0.3 is 10.1 Å². The second-order valence-electron chi connectivity index (χ2n) is 5.31. The van der Waals surface area contributed by atoms with Crippen LogP contribution in [0, 0.1) is 6.92 Å². The Morgan fingerprint density at radius 3 is 2.71 bits per heavy atom. The number of rotatable bonds is 3. The summed E-state index contributed by atoms with van der Waals surface area (Å²) in [7, 11) is 1.93. The van der Waals surface area contributed by atoms with E-state index in [1.165, 1.54) is 5.56 Å². The van der Waals surface area contributed by atoms with Crippen molar-refractivity contribution in [2.75, 3.05) is 13.7 Å². The highest BCUT2D eigenvalue weighted by atomic mass is 35.5. The largest absolute Gasteiger partial charge is 0.493 e. The molecular weight excluding hydrogens is 305 g/mol. The van der Waals surface area contributed by atoms with Gasteiger partial charge in [-0.25, -0.2) is 0 Å². The Bertz CT molecular complexity index is 685. The monoisotopic (exact) mass is 321 g/mol. The summed E-state index contributed by atoms with van der Waals surface area (Å²) in [5, 5.41) is 4.85.